The second-order valence-electron chi connectivity index (χ2n) is 6.51. The number of benzene rings is 3. The van der Waals surface area contributed by atoms with Gasteiger partial charge in [0.1, 0.15) is 0 Å². The first-order chi connectivity index (χ1) is 14.7. The van der Waals surface area contributed by atoms with Crippen LogP contribution in [0.3, 0.4) is 0 Å². The Kier molecular flexibility index (Phi) is 7.69. The molecule has 3 rings (SSSR count). The number of carbonyl (C=O) groups is 2. The Bertz CT molecular complexity index is 1000. The average molecular weight is 398 g/mol. The van der Waals surface area contributed by atoms with Crippen molar-refractivity contribution in [2.45, 2.75) is 6.54 Å². The van der Waals surface area contributed by atoms with Crippen molar-refractivity contribution < 1.29 is 14.4 Å². The highest BCUT2D eigenvalue weighted by Crippen LogP contribution is 2.08. The first-order valence-corrected chi connectivity index (χ1v) is 9.56. The van der Waals surface area contributed by atoms with E-state index in [4.69, 9.17) is 4.84 Å². The Labute approximate surface area is 175 Å². The highest BCUT2D eigenvalue weighted by Gasteiger charge is 2.23. The summed E-state index contributed by atoms with van der Waals surface area (Å²) in [4.78, 5) is 31.2. The van der Waals surface area contributed by atoms with Gasteiger partial charge in [0, 0.05) is 13.1 Å². The molecule has 5 nitrogen and oxygen atoms in total. The van der Waals surface area contributed by atoms with Crippen molar-refractivity contribution in [1.29, 1.82) is 0 Å². The van der Waals surface area contributed by atoms with E-state index in [1.54, 1.807) is 0 Å². The fourth-order valence-electron chi connectivity index (χ4n) is 2.75. The molecule has 0 radical (unpaired) electrons. The van der Waals surface area contributed by atoms with E-state index < -0.39 is 11.9 Å². The fourth-order valence-corrected chi connectivity index (χ4v) is 2.75. The second kappa shape index (κ2) is 11.1. The third-order valence-corrected chi connectivity index (χ3v) is 4.25. The maximum atomic E-state index is 12.7. The van der Waals surface area contributed by atoms with Crippen LogP contribution in [0.1, 0.15) is 16.7 Å². The van der Waals surface area contributed by atoms with Gasteiger partial charge in [-0.25, -0.2) is 4.79 Å². The van der Waals surface area contributed by atoms with E-state index in [2.05, 4.69) is 5.16 Å². The van der Waals surface area contributed by atoms with Crippen molar-refractivity contribution in [2.75, 3.05) is 6.54 Å². The summed E-state index contributed by atoms with van der Waals surface area (Å²) in [6.45, 7) is 0.552. The molecule has 0 aliphatic heterocycles. The van der Waals surface area contributed by atoms with E-state index in [1.807, 2.05) is 103 Å². The average Bonchev–Trinajstić information content (AvgIpc) is 2.80. The summed E-state index contributed by atoms with van der Waals surface area (Å²) in [6.07, 6.45) is 5.14. The molecular formula is C25H22N2O3. The van der Waals surface area contributed by atoms with Crippen LogP contribution >= 0.6 is 0 Å². The molecule has 0 heterocycles. The molecule has 0 aromatic heterocycles. The number of carbonyl (C=O) groups excluding carboxylic acids is 2. The quantitative estimate of drug-likeness (QED) is 0.258. The largest absolute Gasteiger partial charge is 0.422 e. The van der Waals surface area contributed by atoms with E-state index >= 15 is 0 Å². The SMILES string of the molecule is O=C(O/N=C/c1ccccc1)C(=O)N(C/C=C/c1ccccc1)Cc1ccccc1. The molecule has 3 aromatic rings. The summed E-state index contributed by atoms with van der Waals surface area (Å²) in [5.74, 6) is -1.77. The predicted molar refractivity (Wildman–Crippen MR) is 117 cm³/mol. The van der Waals surface area contributed by atoms with Gasteiger partial charge in [0.25, 0.3) is 0 Å². The molecule has 0 saturated carbocycles. The lowest BCUT2D eigenvalue weighted by Gasteiger charge is -2.19. The molecule has 0 atom stereocenters. The topological polar surface area (TPSA) is 59.0 Å². The highest BCUT2D eigenvalue weighted by atomic mass is 16.7. The standard InChI is InChI=1S/C25H22N2O3/c28-24(25(29)30-26-19-22-13-6-2-7-14-22)27(20-23-15-8-3-9-16-23)18-10-17-21-11-4-1-5-12-21/h1-17,19H,18,20H2/b17-10+,26-19+. The molecule has 150 valence electrons. The van der Waals surface area contributed by atoms with Gasteiger partial charge in [-0.15, -0.1) is 0 Å². The van der Waals surface area contributed by atoms with Crippen molar-refractivity contribution in [2.24, 2.45) is 5.16 Å². The number of rotatable bonds is 7. The fraction of sp³-hybridized carbons (Fsp3) is 0.0800. The summed E-state index contributed by atoms with van der Waals surface area (Å²) in [5, 5.41) is 3.64. The van der Waals surface area contributed by atoms with Gasteiger partial charge in [-0.3, -0.25) is 4.79 Å². The molecule has 0 aliphatic rings. The van der Waals surface area contributed by atoms with E-state index in [-0.39, 0.29) is 13.1 Å². The van der Waals surface area contributed by atoms with Crippen molar-refractivity contribution in [3.8, 4) is 0 Å². The van der Waals surface area contributed by atoms with Crippen molar-refractivity contribution in [3.63, 3.8) is 0 Å². The maximum absolute atomic E-state index is 12.7. The minimum atomic E-state index is -1.02. The zero-order valence-corrected chi connectivity index (χ0v) is 16.4. The zero-order valence-electron chi connectivity index (χ0n) is 16.4. The van der Waals surface area contributed by atoms with Gasteiger partial charge in [0.2, 0.25) is 0 Å². The van der Waals surface area contributed by atoms with Crippen molar-refractivity contribution >= 4 is 24.2 Å². The minimum Gasteiger partial charge on any atom is -0.325 e. The monoisotopic (exact) mass is 398 g/mol. The number of oxime groups is 1. The van der Waals surface area contributed by atoms with Gasteiger partial charge >= 0.3 is 11.9 Å². The molecule has 3 aromatic carbocycles. The van der Waals surface area contributed by atoms with E-state index in [0.717, 1.165) is 16.7 Å². The maximum Gasteiger partial charge on any atom is 0.422 e. The van der Waals surface area contributed by atoms with Gasteiger partial charge in [-0.05, 0) is 16.7 Å². The lowest BCUT2D eigenvalue weighted by Crippen LogP contribution is -2.36. The third-order valence-electron chi connectivity index (χ3n) is 4.25. The molecule has 0 spiro atoms. The smallest absolute Gasteiger partial charge is 0.325 e. The van der Waals surface area contributed by atoms with Crippen LogP contribution in [0.25, 0.3) is 6.08 Å². The molecule has 0 N–H and O–H groups in total. The molecular weight excluding hydrogens is 376 g/mol. The normalized spacial score (nSPS) is 10.9. The summed E-state index contributed by atoms with van der Waals surface area (Å²) in [7, 11) is 0. The first-order valence-electron chi connectivity index (χ1n) is 9.56. The Morgan fingerprint density at radius 3 is 2.00 bits per heavy atom. The molecule has 5 heteroatoms. The van der Waals surface area contributed by atoms with Crippen LogP contribution in [0, 0.1) is 0 Å². The Balaban J connectivity index is 1.66. The van der Waals surface area contributed by atoms with E-state index in [9.17, 15) is 9.59 Å². The molecule has 0 unspecified atom stereocenters. The lowest BCUT2D eigenvalue weighted by atomic mass is 10.2. The van der Waals surface area contributed by atoms with Crippen molar-refractivity contribution in [1.82, 2.24) is 4.90 Å². The molecule has 1 amide bonds. The molecule has 0 bridgehead atoms. The van der Waals surface area contributed by atoms with Crippen LogP contribution in [-0.4, -0.2) is 29.5 Å². The van der Waals surface area contributed by atoms with Crippen LogP contribution in [0.15, 0.2) is 102 Å². The van der Waals surface area contributed by atoms with Crippen molar-refractivity contribution in [3.05, 3.63) is 114 Å². The van der Waals surface area contributed by atoms with Gasteiger partial charge in [0.05, 0.1) is 6.21 Å². The number of nitrogens with zero attached hydrogens (tertiary/aromatic N) is 2. The summed E-state index contributed by atoms with van der Waals surface area (Å²) >= 11 is 0. The predicted octanol–water partition coefficient (Wildman–Crippen LogP) is 4.31. The van der Waals surface area contributed by atoms with Crippen LogP contribution in [0.2, 0.25) is 0 Å². The molecule has 0 fully saturated rings. The summed E-state index contributed by atoms with van der Waals surface area (Å²) in [6, 6.07) is 28.4. The molecule has 0 saturated heterocycles. The molecule has 30 heavy (non-hydrogen) atoms. The second-order valence-corrected chi connectivity index (χ2v) is 6.51. The lowest BCUT2D eigenvalue weighted by molar-refractivity contribution is -0.160. The summed E-state index contributed by atoms with van der Waals surface area (Å²) < 4.78 is 0. The van der Waals surface area contributed by atoms with Gasteiger partial charge < -0.3 is 9.74 Å². The highest BCUT2D eigenvalue weighted by molar-refractivity contribution is 6.32. The minimum absolute atomic E-state index is 0.264. The number of hydrogen-bond donors (Lipinski definition) is 0. The zero-order chi connectivity index (χ0) is 21.0. The van der Waals surface area contributed by atoms with Gasteiger partial charge in [0.15, 0.2) is 0 Å². The number of amides is 1. The Morgan fingerprint density at radius 1 is 0.800 bits per heavy atom. The molecule has 0 aliphatic carbocycles. The summed E-state index contributed by atoms with van der Waals surface area (Å²) in [5.41, 5.74) is 2.70. The third kappa shape index (κ3) is 6.56. The van der Waals surface area contributed by atoms with Crippen LogP contribution in [0.5, 0.6) is 0 Å². The number of hydrogen-bond acceptors (Lipinski definition) is 4. The van der Waals surface area contributed by atoms with Crippen LogP contribution in [0.4, 0.5) is 0 Å². The van der Waals surface area contributed by atoms with E-state index in [0.29, 0.717) is 0 Å². The van der Waals surface area contributed by atoms with Gasteiger partial charge in [-0.1, -0.05) is 108 Å². The van der Waals surface area contributed by atoms with E-state index in [1.165, 1.54) is 11.1 Å². The Morgan fingerprint density at radius 2 is 1.37 bits per heavy atom. The Hall–Kier alpha value is -3.99. The first kappa shape index (κ1) is 20.7. The van der Waals surface area contributed by atoms with Crippen LogP contribution in [-0.2, 0) is 21.0 Å². The van der Waals surface area contributed by atoms with Crippen LogP contribution < -0.4 is 0 Å². The van der Waals surface area contributed by atoms with Gasteiger partial charge in [-0.2, -0.15) is 0 Å².